The molecule has 0 aliphatic heterocycles. The zero-order chi connectivity index (χ0) is 38.6. The zero-order valence-corrected chi connectivity index (χ0v) is 29.0. The fourth-order valence-corrected chi connectivity index (χ4v) is 6.73. The molecule has 2 atom stereocenters. The van der Waals surface area contributed by atoms with E-state index in [0.717, 1.165) is 12.1 Å². The Morgan fingerprint density at radius 1 is 1.13 bits per heavy atom. The van der Waals surface area contributed by atoms with Crippen LogP contribution in [0.15, 0.2) is 42.5 Å². The van der Waals surface area contributed by atoms with E-state index in [0.29, 0.717) is 32.8 Å². The van der Waals surface area contributed by atoms with Crippen LogP contribution in [-0.2, 0) is 37.2 Å². The van der Waals surface area contributed by atoms with Gasteiger partial charge in [-0.2, -0.15) is 19.0 Å². The number of hydrogen-bond donors (Lipinski definition) is 3. The first-order chi connectivity index (χ1) is 24.9. The van der Waals surface area contributed by atoms with Crippen molar-refractivity contribution in [3.63, 3.8) is 0 Å². The van der Waals surface area contributed by atoms with Crippen LogP contribution in [0.2, 0.25) is 5.02 Å². The van der Waals surface area contributed by atoms with Gasteiger partial charge < -0.3 is 16.2 Å². The number of anilines is 1. The number of nitrogen functional groups attached to an aromatic ring is 1. The van der Waals surface area contributed by atoms with Crippen molar-refractivity contribution in [3.05, 3.63) is 93.0 Å². The zero-order valence-electron chi connectivity index (χ0n) is 28.3. The van der Waals surface area contributed by atoms with Crippen LogP contribution in [0.5, 0.6) is 0 Å². The smallest absolute Gasteiger partial charge is 0.303 e. The minimum absolute atomic E-state index is 0.0722. The molecule has 2 aromatic carbocycles. The van der Waals surface area contributed by atoms with Gasteiger partial charge in [-0.15, -0.1) is 6.42 Å². The van der Waals surface area contributed by atoms with E-state index in [9.17, 15) is 27.5 Å². The largest absolute Gasteiger partial charge is 0.382 e. The van der Waals surface area contributed by atoms with Gasteiger partial charge in [0.15, 0.2) is 5.82 Å². The van der Waals surface area contributed by atoms with Gasteiger partial charge in [0, 0.05) is 29.8 Å². The highest BCUT2D eigenvalue weighted by molar-refractivity contribution is 6.37. The average Bonchev–Trinajstić information content (AvgIpc) is 3.67. The monoisotopic (exact) mass is 753 g/mol. The Kier molecular flexibility index (Phi) is 9.70. The van der Waals surface area contributed by atoms with Gasteiger partial charge in [-0.05, 0) is 68.5 Å². The van der Waals surface area contributed by atoms with Crippen molar-refractivity contribution in [1.29, 1.82) is 0 Å². The SMILES string of the molecule is C#C[C@@H]1Cc2c(C(F)F)nn(CC(=O)N[C@@H](Cc3cc(F)cc(F)c3)c3nc(C#CC(C)(C)O)ccc3-c3ccc(Cl)c4c(N)nn(C)c34)c2C1(F)F. The quantitative estimate of drug-likeness (QED) is 0.125. The highest BCUT2D eigenvalue weighted by atomic mass is 35.5. The molecular formula is C37H30ClF6N7O2. The fourth-order valence-electron chi connectivity index (χ4n) is 6.48. The Hall–Kier alpha value is -5.51. The molecule has 3 heterocycles. The van der Waals surface area contributed by atoms with Gasteiger partial charge in [-0.25, -0.2) is 22.5 Å². The van der Waals surface area contributed by atoms with E-state index in [4.69, 9.17) is 28.7 Å². The van der Waals surface area contributed by atoms with Crippen LogP contribution in [0, 0.1) is 41.7 Å². The number of hydrogen-bond acceptors (Lipinski definition) is 6. The lowest BCUT2D eigenvalue weighted by Gasteiger charge is -2.23. The summed E-state index contributed by atoms with van der Waals surface area (Å²) in [7, 11) is 1.63. The molecule has 0 spiro atoms. The van der Waals surface area contributed by atoms with Crippen molar-refractivity contribution in [2.45, 2.75) is 57.2 Å². The minimum atomic E-state index is -3.77. The van der Waals surface area contributed by atoms with Crippen molar-refractivity contribution in [3.8, 4) is 35.3 Å². The first kappa shape index (κ1) is 37.3. The van der Waals surface area contributed by atoms with E-state index in [2.05, 4.69) is 27.4 Å². The van der Waals surface area contributed by atoms with Gasteiger partial charge >= 0.3 is 5.92 Å². The van der Waals surface area contributed by atoms with E-state index in [1.807, 2.05) is 5.92 Å². The Bertz CT molecular complexity index is 2360. The van der Waals surface area contributed by atoms with Crippen molar-refractivity contribution in [2.24, 2.45) is 13.0 Å². The number of halogens is 7. The van der Waals surface area contributed by atoms with Crippen molar-refractivity contribution < 1.29 is 36.2 Å². The molecule has 4 N–H and O–H groups in total. The van der Waals surface area contributed by atoms with E-state index >= 15 is 8.78 Å². The van der Waals surface area contributed by atoms with E-state index in [1.54, 1.807) is 31.3 Å². The molecule has 1 aliphatic carbocycles. The summed E-state index contributed by atoms with van der Waals surface area (Å²) in [6, 6.07) is 7.85. The summed E-state index contributed by atoms with van der Waals surface area (Å²) in [6.07, 6.45) is 1.20. The Morgan fingerprint density at radius 2 is 1.81 bits per heavy atom. The van der Waals surface area contributed by atoms with E-state index in [1.165, 1.54) is 18.5 Å². The van der Waals surface area contributed by atoms with Gasteiger partial charge in [0.2, 0.25) is 5.91 Å². The van der Waals surface area contributed by atoms with E-state index < -0.39 is 77.4 Å². The molecular weight excluding hydrogens is 724 g/mol. The number of benzene rings is 2. The van der Waals surface area contributed by atoms with E-state index in [-0.39, 0.29) is 34.2 Å². The minimum Gasteiger partial charge on any atom is -0.382 e. The molecule has 53 heavy (non-hydrogen) atoms. The molecule has 0 saturated carbocycles. The Balaban J connectivity index is 1.51. The number of aliphatic hydroxyl groups is 1. The summed E-state index contributed by atoms with van der Waals surface area (Å²) >= 11 is 6.49. The number of aryl methyl sites for hydroxylation is 1. The third-order valence-electron chi connectivity index (χ3n) is 8.65. The summed E-state index contributed by atoms with van der Waals surface area (Å²) in [4.78, 5) is 18.5. The van der Waals surface area contributed by atoms with Gasteiger partial charge in [0.1, 0.15) is 40.9 Å². The molecule has 3 aromatic heterocycles. The number of terminal acetylenes is 1. The van der Waals surface area contributed by atoms with Crippen LogP contribution in [0.4, 0.5) is 32.2 Å². The predicted molar refractivity (Wildman–Crippen MR) is 185 cm³/mol. The van der Waals surface area contributed by atoms with Gasteiger partial charge in [0.25, 0.3) is 6.43 Å². The number of aromatic nitrogens is 5. The van der Waals surface area contributed by atoms with Crippen LogP contribution < -0.4 is 11.1 Å². The standard InChI is InChI=1S/C37H30ClF6N7O2/c1-5-19-15-25-31(34(41)42)48-51(33(25)37(19,43)44)17-28(52)47-27(14-18-12-20(39)16-21(40)13-18)30-23(7-6-22(46-30)10-11-36(2,3)53)24-8-9-26(38)29-32(24)50(4)49-35(29)45/h1,6-9,12-13,16,19,27,34,53H,14-15,17H2,2-4H3,(H2,45,49)(H,47,52)/t19-,27+/m1/s1. The Morgan fingerprint density at radius 3 is 2.45 bits per heavy atom. The lowest BCUT2D eigenvalue weighted by Crippen LogP contribution is -2.35. The molecule has 16 heteroatoms. The van der Waals surface area contributed by atoms with Crippen LogP contribution in [0.1, 0.15) is 60.2 Å². The second-order valence-electron chi connectivity index (χ2n) is 13.1. The molecule has 5 aromatic rings. The number of nitrogens with two attached hydrogens (primary N) is 1. The van der Waals surface area contributed by atoms with Crippen LogP contribution >= 0.6 is 11.6 Å². The number of carbonyl (C=O) groups excluding carboxylic acids is 1. The molecule has 9 nitrogen and oxygen atoms in total. The highest BCUT2D eigenvalue weighted by Gasteiger charge is 2.53. The third-order valence-corrected chi connectivity index (χ3v) is 8.96. The number of pyridine rings is 1. The summed E-state index contributed by atoms with van der Waals surface area (Å²) in [5.41, 5.74) is 4.07. The third kappa shape index (κ3) is 7.27. The normalized spacial score (nSPS) is 15.6. The molecule has 6 rings (SSSR count). The number of nitrogens with zero attached hydrogens (tertiary/aromatic N) is 5. The Labute approximate surface area is 304 Å². The van der Waals surface area contributed by atoms with Crippen molar-refractivity contribution in [2.75, 3.05) is 5.73 Å². The number of fused-ring (bicyclic) bond motifs is 2. The molecule has 0 saturated heterocycles. The molecule has 0 unspecified atom stereocenters. The number of alkyl halides is 4. The lowest BCUT2D eigenvalue weighted by molar-refractivity contribution is -0.123. The molecule has 1 aliphatic rings. The lowest BCUT2D eigenvalue weighted by atomic mass is 9.93. The molecule has 0 fully saturated rings. The van der Waals surface area contributed by atoms with Crippen molar-refractivity contribution >= 4 is 34.2 Å². The van der Waals surface area contributed by atoms with Crippen LogP contribution in [-0.4, -0.2) is 41.2 Å². The van der Waals surface area contributed by atoms with Crippen LogP contribution in [0.25, 0.3) is 22.0 Å². The number of nitrogens with one attached hydrogen (secondary N) is 1. The summed E-state index contributed by atoms with van der Waals surface area (Å²) < 4.78 is 89.6. The molecule has 0 bridgehead atoms. The maximum atomic E-state index is 15.4. The van der Waals surface area contributed by atoms with Gasteiger partial charge in [-0.1, -0.05) is 29.5 Å². The number of rotatable bonds is 8. The molecule has 274 valence electrons. The maximum absolute atomic E-state index is 15.4. The van der Waals surface area contributed by atoms with Crippen molar-refractivity contribution in [1.82, 2.24) is 29.9 Å². The van der Waals surface area contributed by atoms with Gasteiger partial charge in [-0.3, -0.25) is 14.2 Å². The number of carbonyl (C=O) groups is 1. The second kappa shape index (κ2) is 13.8. The number of amides is 1. The summed E-state index contributed by atoms with van der Waals surface area (Å²) in [5.74, 6) is -0.822. The maximum Gasteiger partial charge on any atom is 0.303 e. The average molecular weight is 754 g/mol. The van der Waals surface area contributed by atoms with Crippen LogP contribution in [0.3, 0.4) is 0 Å². The fraction of sp³-hybridized carbons (Fsp3) is 0.297. The second-order valence-corrected chi connectivity index (χ2v) is 13.5. The molecule has 1 amide bonds. The topological polar surface area (TPSA) is 124 Å². The first-order valence-corrected chi connectivity index (χ1v) is 16.4. The summed E-state index contributed by atoms with van der Waals surface area (Å²) in [5, 5.41) is 21.6. The predicted octanol–water partition coefficient (Wildman–Crippen LogP) is 6.40. The first-order valence-electron chi connectivity index (χ1n) is 16.0. The molecule has 0 radical (unpaired) electrons. The highest BCUT2D eigenvalue weighted by Crippen LogP contribution is 2.48. The summed E-state index contributed by atoms with van der Waals surface area (Å²) in [6.45, 7) is 1.96. The van der Waals surface area contributed by atoms with Gasteiger partial charge in [0.05, 0.1) is 33.6 Å².